The first kappa shape index (κ1) is 22.6. The molecule has 0 saturated carbocycles. The molecule has 0 fully saturated rings. The highest BCUT2D eigenvalue weighted by Crippen LogP contribution is 2.28. The summed E-state index contributed by atoms with van der Waals surface area (Å²) in [5.41, 5.74) is 5.10. The first-order valence-electron chi connectivity index (χ1n) is 10.6. The molecule has 0 aliphatic carbocycles. The Hall–Kier alpha value is -3.08. The average Bonchev–Trinajstić information content (AvgIpc) is 3.35. The minimum atomic E-state index is 0.0655. The van der Waals surface area contributed by atoms with Crippen molar-refractivity contribution in [2.45, 2.75) is 45.6 Å². The van der Waals surface area contributed by atoms with Gasteiger partial charge in [-0.3, -0.25) is 4.99 Å². The maximum absolute atomic E-state index is 9.38. The molecule has 7 heteroatoms. The van der Waals surface area contributed by atoms with Gasteiger partial charge < -0.3 is 10.2 Å². The molecule has 2 atom stereocenters. The first-order chi connectivity index (χ1) is 15.1. The fourth-order valence-corrected chi connectivity index (χ4v) is 3.32. The standard InChI is InChI=1S/C24H29N5O2/c1-17(16-31)18(2)25-21(6-5-15-30)14-11-19-9-12-20(13-10-19)22-7-3-4-8-23(22)24-26-28-29-27-24/h3,7,9-10,12-13,17-18,30-31H,5-6,11,14-16H2,1-2H3,(H,26,27,28,29). The molecule has 2 aromatic carbocycles. The maximum Gasteiger partial charge on any atom is 0.213 e. The van der Waals surface area contributed by atoms with Crippen LogP contribution in [0.1, 0.15) is 38.7 Å². The molecule has 1 aromatic heterocycles. The van der Waals surface area contributed by atoms with E-state index in [4.69, 9.17) is 4.99 Å². The molecule has 3 aromatic rings. The Kier molecular flexibility index (Phi) is 8.27. The van der Waals surface area contributed by atoms with E-state index in [9.17, 15) is 10.2 Å². The number of hydrogen-bond donors (Lipinski definition) is 3. The van der Waals surface area contributed by atoms with Gasteiger partial charge in [-0.2, -0.15) is 5.21 Å². The molecule has 1 heterocycles. The van der Waals surface area contributed by atoms with Gasteiger partial charge in [-0.15, -0.1) is 10.2 Å². The van der Waals surface area contributed by atoms with E-state index in [1.54, 1.807) is 0 Å². The molecule has 162 valence electrons. The molecule has 3 N–H and O–H groups in total. The summed E-state index contributed by atoms with van der Waals surface area (Å²) in [5, 5.41) is 32.8. The highest BCUT2D eigenvalue weighted by molar-refractivity contribution is 5.85. The van der Waals surface area contributed by atoms with E-state index < -0.39 is 0 Å². The third kappa shape index (κ3) is 6.20. The van der Waals surface area contributed by atoms with Crippen LogP contribution in [0.15, 0.2) is 41.4 Å². The van der Waals surface area contributed by atoms with Crippen LogP contribution >= 0.6 is 0 Å². The van der Waals surface area contributed by atoms with Gasteiger partial charge in [-0.25, -0.2) is 0 Å². The third-order valence-electron chi connectivity index (χ3n) is 5.46. The van der Waals surface area contributed by atoms with Gasteiger partial charge in [-0.05, 0) is 61.1 Å². The van der Waals surface area contributed by atoms with Gasteiger partial charge in [0.1, 0.15) is 0 Å². The van der Waals surface area contributed by atoms with Gasteiger partial charge in [0.15, 0.2) is 0 Å². The summed E-state index contributed by atoms with van der Waals surface area (Å²) >= 11 is 0. The zero-order valence-electron chi connectivity index (χ0n) is 18.0. The van der Waals surface area contributed by atoms with Crippen molar-refractivity contribution in [1.82, 2.24) is 20.6 Å². The Morgan fingerprint density at radius 3 is 2.61 bits per heavy atom. The number of aromatic amines is 1. The summed E-state index contributed by atoms with van der Waals surface area (Å²) in [6, 6.07) is 18.3. The first-order valence-corrected chi connectivity index (χ1v) is 10.6. The zero-order valence-corrected chi connectivity index (χ0v) is 18.0. The van der Waals surface area contributed by atoms with Gasteiger partial charge in [0.2, 0.25) is 5.82 Å². The van der Waals surface area contributed by atoms with E-state index in [0.29, 0.717) is 12.2 Å². The van der Waals surface area contributed by atoms with Gasteiger partial charge in [0, 0.05) is 30.4 Å². The lowest BCUT2D eigenvalue weighted by molar-refractivity contribution is 0.221. The third-order valence-corrected chi connectivity index (χ3v) is 5.46. The van der Waals surface area contributed by atoms with Crippen LogP contribution in [0.3, 0.4) is 0 Å². The molecule has 0 aliphatic heterocycles. The van der Waals surface area contributed by atoms with Crippen molar-refractivity contribution >= 4 is 5.71 Å². The maximum atomic E-state index is 9.38. The van der Waals surface area contributed by atoms with Gasteiger partial charge in [-0.1, -0.05) is 43.3 Å². The van der Waals surface area contributed by atoms with E-state index in [0.717, 1.165) is 41.7 Å². The lowest BCUT2D eigenvalue weighted by Gasteiger charge is -2.16. The van der Waals surface area contributed by atoms with Crippen molar-refractivity contribution in [3.05, 3.63) is 54.1 Å². The molecule has 0 spiro atoms. The smallest absolute Gasteiger partial charge is 0.213 e. The minimum Gasteiger partial charge on any atom is -0.396 e. The SMILES string of the molecule is CC(CO)C(C)N=C(CCCO)CCc1ccc(-c2ccc#cc2-c2nn[nH]n2)cc1. The van der Waals surface area contributed by atoms with Gasteiger partial charge in [0.25, 0.3) is 0 Å². The Labute approximate surface area is 183 Å². The molecular weight excluding hydrogens is 390 g/mol. The van der Waals surface area contributed by atoms with Crippen LogP contribution in [-0.2, 0) is 6.42 Å². The van der Waals surface area contributed by atoms with E-state index in [2.05, 4.69) is 57.0 Å². The zero-order chi connectivity index (χ0) is 22.1. The average molecular weight is 420 g/mol. The van der Waals surface area contributed by atoms with Crippen LogP contribution < -0.4 is 0 Å². The highest BCUT2D eigenvalue weighted by Gasteiger charge is 2.12. The fraction of sp³-hybridized carbons (Fsp3) is 0.417. The molecule has 31 heavy (non-hydrogen) atoms. The molecule has 0 bridgehead atoms. The van der Waals surface area contributed by atoms with E-state index in [1.165, 1.54) is 5.56 Å². The summed E-state index contributed by atoms with van der Waals surface area (Å²) < 4.78 is 0. The number of aliphatic hydroxyl groups excluding tert-OH is 2. The number of H-pyrrole nitrogens is 1. The van der Waals surface area contributed by atoms with Crippen LogP contribution in [-0.4, -0.2) is 55.8 Å². The van der Waals surface area contributed by atoms with Crippen molar-refractivity contribution in [2.24, 2.45) is 10.9 Å². The predicted octanol–water partition coefficient (Wildman–Crippen LogP) is 3.30. The largest absolute Gasteiger partial charge is 0.396 e. The number of aliphatic imine (C=N–C) groups is 1. The predicted molar refractivity (Wildman–Crippen MR) is 121 cm³/mol. The Morgan fingerprint density at radius 2 is 1.94 bits per heavy atom. The number of tetrazole rings is 1. The van der Waals surface area contributed by atoms with E-state index in [1.807, 2.05) is 26.0 Å². The fourth-order valence-electron chi connectivity index (χ4n) is 3.32. The summed E-state index contributed by atoms with van der Waals surface area (Å²) in [6.07, 6.45) is 3.20. The normalized spacial score (nSPS) is 13.6. The molecule has 7 nitrogen and oxygen atoms in total. The van der Waals surface area contributed by atoms with Crippen molar-refractivity contribution in [1.29, 1.82) is 0 Å². The molecule has 0 saturated heterocycles. The summed E-state index contributed by atoms with van der Waals surface area (Å²) in [4.78, 5) is 4.82. The highest BCUT2D eigenvalue weighted by atomic mass is 16.3. The van der Waals surface area contributed by atoms with Crippen molar-refractivity contribution in [3.63, 3.8) is 0 Å². The summed E-state index contributed by atoms with van der Waals surface area (Å²) in [6.45, 7) is 4.31. The molecule has 0 aliphatic rings. The topological polar surface area (TPSA) is 107 Å². The lowest BCUT2D eigenvalue weighted by Crippen LogP contribution is -2.18. The van der Waals surface area contributed by atoms with E-state index in [-0.39, 0.29) is 25.2 Å². The molecule has 0 radical (unpaired) electrons. The number of hydrogen-bond acceptors (Lipinski definition) is 6. The molecular formula is C24H29N5O2. The number of aromatic nitrogens is 4. The second-order valence-electron chi connectivity index (χ2n) is 7.75. The monoisotopic (exact) mass is 419 g/mol. The Balaban J connectivity index is 1.71. The van der Waals surface area contributed by atoms with Crippen LogP contribution in [0.2, 0.25) is 0 Å². The second kappa shape index (κ2) is 11.3. The number of rotatable bonds is 11. The van der Waals surface area contributed by atoms with Crippen molar-refractivity contribution in [3.8, 4) is 22.5 Å². The number of nitrogens with zero attached hydrogens (tertiary/aromatic N) is 4. The van der Waals surface area contributed by atoms with Crippen LogP contribution in [0, 0.1) is 18.1 Å². The van der Waals surface area contributed by atoms with Crippen molar-refractivity contribution in [2.75, 3.05) is 13.2 Å². The summed E-state index contributed by atoms with van der Waals surface area (Å²) in [5.74, 6) is 0.614. The van der Waals surface area contributed by atoms with Gasteiger partial charge >= 0.3 is 0 Å². The Bertz CT molecular complexity index is 954. The number of aryl methyl sites for hydroxylation is 1. The van der Waals surface area contributed by atoms with Crippen molar-refractivity contribution < 1.29 is 10.2 Å². The Morgan fingerprint density at radius 1 is 1.13 bits per heavy atom. The lowest BCUT2D eigenvalue weighted by atomic mass is 9.97. The molecule has 0 amide bonds. The number of benzene rings is 1. The second-order valence-corrected chi connectivity index (χ2v) is 7.75. The van der Waals surface area contributed by atoms with Crippen LogP contribution in [0.4, 0.5) is 0 Å². The van der Waals surface area contributed by atoms with Gasteiger partial charge in [0.05, 0.1) is 11.6 Å². The number of aliphatic hydroxyl groups is 2. The molecule has 2 unspecified atom stereocenters. The number of nitrogens with one attached hydrogen (secondary N) is 1. The minimum absolute atomic E-state index is 0.0655. The van der Waals surface area contributed by atoms with Crippen LogP contribution in [0.5, 0.6) is 0 Å². The molecule has 3 rings (SSSR count). The summed E-state index contributed by atoms with van der Waals surface area (Å²) in [7, 11) is 0. The van der Waals surface area contributed by atoms with E-state index >= 15 is 0 Å². The van der Waals surface area contributed by atoms with Crippen LogP contribution in [0.25, 0.3) is 22.5 Å². The quantitative estimate of drug-likeness (QED) is 0.413.